The van der Waals surface area contributed by atoms with Crippen molar-refractivity contribution in [2.24, 2.45) is 24.8 Å². The minimum absolute atomic E-state index is 0.0556. The number of benzene rings is 1. The maximum absolute atomic E-state index is 12.7. The van der Waals surface area contributed by atoms with E-state index in [4.69, 9.17) is 21.3 Å². The largest absolute Gasteiger partial charge is 0.478 e. The van der Waals surface area contributed by atoms with Crippen LogP contribution in [0.25, 0.3) is 10.9 Å². The Morgan fingerprint density at radius 1 is 1.18 bits per heavy atom. The number of amides is 2. The molecule has 1 saturated heterocycles. The topological polar surface area (TPSA) is 122 Å². The third kappa shape index (κ3) is 5.93. The Morgan fingerprint density at radius 3 is 2.51 bits per heavy atom. The molecular weight excluding hydrogens is 522 g/mol. The fraction of sp³-hybridized carbons (Fsp3) is 0.444. The zero-order valence-electron chi connectivity index (χ0n) is 23.0. The van der Waals surface area contributed by atoms with Crippen molar-refractivity contribution < 1.29 is 14.3 Å². The highest BCUT2D eigenvalue weighted by atomic mass is 35.5. The van der Waals surface area contributed by atoms with E-state index in [1.165, 1.54) is 11.6 Å². The van der Waals surface area contributed by atoms with Gasteiger partial charge in [-0.2, -0.15) is 4.98 Å². The number of halogens is 1. The Kier molecular flexibility index (Phi) is 8.29. The van der Waals surface area contributed by atoms with Gasteiger partial charge in [0.05, 0.1) is 11.7 Å². The molecule has 39 heavy (non-hydrogen) atoms. The number of piperidine rings is 1. The van der Waals surface area contributed by atoms with Crippen LogP contribution in [0.5, 0.6) is 5.75 Å². The number of hydrogen-bond donors (Lipinski definition) is 2. The molecule has 11 nitrogen and oxygen atoms in total. The van der Waals surface area contributed by atoms with Crippen molar-refractivity contribution in [3.8, 4) is 5.75 Å². The molecule has 2 aromatic heterocycles. The summed E-state index contributed by atoms with van der Waals surface area (Å²) < 4.78 is 6.93. The number of carbonyl (C=O) groups excluding carboxylic acids is 2. The molecule has 1 aromatic carbocycles. The number of aryl methyl sites for hydroxylation is 1. The standard InChI is InChI=1S/C27H34ClN7O4/c1-15-12-35(13-16(2)23(15)26(38)33(4)5)27-30-11-19(28)24(32-27)31-18-7-8-20-17(9-18)10-21(25(37)34(20)6)39-14-22(36)29-3/h7-11,15-16,23H,12-14H2,1-6H3,(H,29,36)(H,30,31,32). The Balaban J connectivity index is 1.58. The number of ether oxygens (including phenoxy) is 1. The Bertz CT molecular complexity index is 1450. The summed E-state index contributed by atoms with van der Waals surface area (Å²) in [5.74, 6) is 1.06. The van der Waals surface area contributed by atoms with Crippen molar-refractivity contribution in [3.63, 3.8) is 0 Å². The molecule has 2 atom stereocenters. The number of pyridine rings is 1. The first kappa shape index (κ1) is 28.2. The maximum Gasteiger partial charge on any atom is 0.293 e. The molecule has 2 N–H and O–H groups in total. The van der Waals surface area contributed by atoms with Gasteiger partial charge in [-0.05, 0) is 36.1 Å². The molecule has 208 valence electrons. The molecule has 0 radical (unpaired) electrons. The van der Waals surface area contributed by atoms with Crippen LogP contribution >= 0.6 is 11.6 Å². The second-order valence-electron chi connectivity index (χ2n) is 10.2. The summed E-state index contributed by atoms with van der Waals surface area (Å²) in [6, 6.07) is 7.10. The Labute approximate surface area is 232 Å². The van der Waals surface area contributed by atoms with Crippen LogP contribution in [-0.2, 0) is 16.6 Å². The minimum Gasteiger partial charge on any atom is -0.478 e. The van der Waals surface area contributed by atoms with E-state index in [1.807, 2.05) is 18.2 Å². The third-order valence-corrected chi connectivity index (χ3v) is 7.35. The summed E-state index contributed by atoms with van der Waals surface area (Å²) in [6.07, 6.45) is 1.56. The number of nitrogens with zero attached hydrogens (tertiary/aromatic N) is 5. The normalized spacial score (nSPS) is 19.1. The van der Waals surface area contributed by atoms with Crippen LogP contribution in [0.1, 0.15) is 13.8 Å². The van der Waals surface area contributed by atoms with Crippen LogP contribution in [0.4, 0.5) is 17.5 Å². The number of fused-ring (bicyclic) bond motifs is 1. The quantitative estimate of drug-likeness (QED) is 0.456. The highest BCUT2D eigenvalue weighted by molar-refractivity contribution is 6.32. The van der Waals surface area contributed by atoms with Crippen LogP contribution in [-0.4, -0.2) is 72.1 Å². The van der Waals surface area contributed by atoms with Gasteiger partial charge in [0.25, 0.3) is 11.5 Å². The van der Waals surface area contributed by atoms with Crippen LogP contribution < -0.4 is 25.8 Å². The average Bonchev–Trinajstić information content (AvgIpc) is 2.90. The lowest BCUT2D eigenvalue weighted by Gasteiger charge is -2.41. The molecular formula is C27H34ClN7O4. The van der Waals surface area contributed by atoms with Crippen molar-refractivity contribution in [1.29, 1.82) is 0 Å². The number of likely N-dealkylation sites (N-methyl/N-ethyl adjacent to an activating group) is 1. The molecule has 1 aliphatic heterocycles. The van der Waals surface area contributed by atoms with E-state index in [1.54, 1.807) is 38.3 Å². The molecule has 1 fully saturated rings. The number of rotatable bonds is 7. The summed E-state index contributed by atoms with van der Waals surface area (Å²) in [6.45, 7) is 5.21. The predicted molar refractivity (Wildman–Crippen MR) is 152 cm³/mol. The summed E-state index contributed by atoms with van der Waals surface area (Å²) in [7, 11) is 6.73. The van der Waals surface area contributed by atoms with Crippen molar-refractivity contribution in [2.75, 3.05) is 51.1 Å². The van der Waals surface area contributed by atoms with Gasteiger partial charge in [-0.15, -0.1) is 0 Å². The SMILES string of the molecule is CNC(=O)COc1cc2cc(Nc3nc(N4CC(C)C(C(=O)N(C)C)C(C)C4)ncc3Cl)ccc2n(C)c1=O. The maximum atomic E-state index is 12.7. The minimum atomic E-state index is -0.338. The van der Waals surface area contributed by atoms with E-state index in [0.29, 0.717) is 41.1 Å². The van der Waals surface area contributed by atoms with Crippen LogP contribution in [0.15, 0.2) is 35.3 Å². The first-order valence-corrected chi connectivity index (χ1v) is 13.1. The number of hydrogen-bond acceptors (Lipinski definition) is 8. The van der Waals surface area contributed by atoms with Gasteiger partial charge in [-0.25, -0.2) is 4.98 Å². The van der Waals surface area contributed by atoms with Crippen molar-refractivity contribution in [3.05, 3.63) is 45.8 Å². The second kappa shape index (κ2) is 11.5. The van der Waals surface area contributed by atoms with E-state index < -0.39 is 0 Å². The van der Waals surface area contributed by atoms with Gasteiger partial charge in [0.15, 0.2) is 18.2 Å². The number of aromatic nitrogens is 3. The molecule has 0 bridgehead atoms. The number of anilines is 3. The Morgan fingerprint density at radius 2 is 1.87 bits per heavy atom. The van der Waals surface area contributed by atoms with Gasteiger partial charge in [-0.1, -0.05) is 25.4 Å². The molecule has 12 heteroatoms. The predicted octanol–water partition coefficient (Wildman–Crippen LogP) is 2.65. The number of nitrogens with one attached hydrogen (secondary N) is 2. The van der Waals surface area contributed by atoms with E-state index in [9.17, 15) is 14.4 Å². The molecule has 4 rings (SSSR count). The van der Waals surface area contributed by atoms with Crippen molar-refractivity contribution in [1.82, 2.24) is 24.8 Å². The third-order valence-electron chi connectivity index (χ3n) is 7.07. The van der Waals surface area contributed by atoms with Gasteiger partial charge in [0.2, 0.25) is 11.9 Å². The van der Waals surface area contributed by atoms with E-state index >= 15 is 0 Å². The van der Waals surface area contributed by atoms with Gasteiger partial charge in [0.1, 0.15) is 5.02 Å². The first-order chi connectivity index (χ1) is 18.5. The summed E-state index contributed by atoms with van der Waals surface area (Å²) in [5.41, 5.74) is 1.06. The molecule has 0 aliphatic carbocycles. The summed E-state index contributed by atoms with van der Waals surface area (Å²) in [5, 5.41) is 6.81. The molecule has 2 amide bonds. The summed E-state index contributed by atoms with van der Waals surface area (Å²) in [4.78, 5) is 49.9. The Hall–Kier alpha value is -3.86. The highest BCUT2D eigenvalue weighted by Crippen LogP contribution is 2.33. The molecule has 3 heterocycles. The monoisotopic (exact) mass is 555 g/mol. The smallest absolute Gasteiger partial charge is 0.293 e. The molecule has 1 aliphatic rings. The van der Waals surface area contributed by atoms with Gasteiger partial charge >= 0.3 is 0 Å². The van der Waals surface area contributed by atoms with Crippen LogP contribution in [0, 0.1) is 17.8 Å². The second-order valence-corrected chi connectivity index (χ2v) is 10.6. The van der Waals surface area contributed by atoms with Gasteiger partial charge in [0, 0.05) is 58.3 Å². The van der Waals surface area contributed by atoms with Crippen LogP contribution in [0.3, 0.4) is 0 Å². The van der Waals surface area contributed by atoms with E-state index in [-0.39, 0.29) is 47.5 Å². The average molecular weight is 556 g/mol. The lowest BCUT2D eigenvalue weighted by molar-refractivity contribution is -0.136. The van der Waals surface area contributed by atoms with Crippen LogP contribution in [0.2, 0.25) is 5.02 Å². The zero-order valence-corrected chi connectivity index (χ0v) is 23.7. The fourth-order valence-electron chi connectivity index (χ4n) is 5.09. The lowest BCUT2D eigenvalue weighted by atomic mass is 9.78. The van der Waals surface area contributed by atoms with Crippen molar-refractivity contribution >= 4 is 51.8 Å². The molecule has 0 spiro atoms. The van der Waals surface area contributed by atoms with E-state index in [2.05, 4.69) is 34.4 Å². The highest BCUT2D eigenvalue weighted by Gasteiger charge is 2.38. The molecule has 3 aromatic rings. The molecule has 0 saturated carbocycles. The first-order valence-electron chi connectivity index (χ1n) is 12.7. The zero-order chi connectivity index (χ0) is 28.4. The summed E-state index contributed by atoms with van der Waals surface area (Å²) >= 11 is 6.46. The number of carbonyl (C=O) groups is 2. The lowest BCUT2D eigenvalue weighted by Crippen LogP contribution is -2.50. The van der Waals surface area contributed by atoms with Crippen molar-refractivity contribution in [2.45, 2.75) is 13.8 Å². The molecule has 2 unspecified atom stereocenters. The van der Waals surface area contributed by atoms with E-state index in [0.717, 1.165) is 5.39 Å². The fourth-order valence-corrected chi connectivity index (χ4v) is 5.23. The van der Waals surface area contributed by atoms with Gasteiger partial charge in [-0.3, -0.25) is 14.4 Å². The van der Waals surface area contributed by atoms with Gasteiger partial charge < -0.3 is 29.7 Å².